The molecule has 1 aliphatic rings. The van der Waals surface area contributed by atoms with Crippen molar-refractivity contribution in [3.63, 3.8) is 0 Å². The molecule has 1 aromatic rings. The van der Waals surface area contributed by atoms with Crippen LogP contribution in [0.2, 0.25) is 0 Å². The molecule has 0 spiro atoms. The first-order valence-corrected chi connectivity index (χ1v) is 7.15. The minimum atomic E-state index is -0.626. The average Bonchev–Trinajstić information content (AvgIpc) is 3.22. The first kappa shape index (κ1) is 14.4. The zero-order valence-electron chi connectivity index (χ0n) is 11.7. The van der Waals surface area contributed by atoms with Crippen molar-refractivity contribution in [1.29, 1.82) is 0 Å². The lowest BCUT2D eigenvalue weighted by Gasteiger charge is -2.27. The Morgan fingerprint density at radius 3 is 2.74 bits per heavy atom. The van der Waals surface area contributed by atoms with Crippen molar-refractivity contribution < 1.29 is 9.50 Å². The topological polar surface area (TPSA) is 36.4 Å². The molecule has 4 heteroatoms. The Balaban J connectivity index is 1.93. The summed E-state index contributed by atoms with van der Waals surface area (Å²) in [6.07, 6.45) is 4.22. The van der Waals surface area contributed by atoms with Gasteiger partial charge in [-0.3, -0.25) is 4.98 Å². The highest BCUT2D eigenvalue weighted by Gasteiger charge is 2.30. The number of halogens is 1. The molecule has 2 atom stereocenters. The molecule has 0 saturated heterocycles. The van der Waals surface area contributed by atoms with Gasteiger partial charge in [0.25, 0.3) is 0 Å². The third-order valence-corrected chi connectivity index (χ3v) is 3.69. The molecule has 0 aromatic carbocycles. The smallest absolute Gasteiger partial charge is 0.141 e. The summed E-state index contributed by atoms with van der Waals surface area (Å²) in [7, 11) is 0. The third-order valence-electron chi connectivity index (χ3n) is 3.69. The van der Waals surface area contributed by atoms with E-state index >= 15 is 0 Å². The van der Waals surface area contributed by atoms with E-state index in [1.54, 1.807) is 6.07 Å². The maximum absolute atomic E-state index is 12.8. The Labute approximate surface area is 114 Å². The number of pyridine rings is 1. The maximum atomic E-state index is 12.8. The van der Waals surface area contributed by atoms with Crippen LogP contribution in [-0.4, -0.2) is 34.1 Å². The molecular weight excluding hydrogens is 243 g/mol. The van der Waals surface area contributed by atoms with Crippen molar-refractivity contribution in [2.45, 2.75) is 45.3 Å². The molecule has 1 saturated carbocycles. The van der Waals surface area contributed by atoms with E-state index in [0.717, 1.165) is 25.7 Å². The molecule has 3 nitrogen and oxygen atoms in total. The van der Waals surface area contributed by atoms with Gasteiger partial charge in [-0.15, -0.1) is 0 Å². The van der Waals surface area contributed by atoms with Gasteiger partial charge in [0.1, 0.15) is 5.82 Å². The van der Waals surface area contributed by atoms with Gasteiger partial charge in [-0.1, -0.05) is 13.8 Å². The highest BCUT2D eigenvalue weighted by Crippen LogP contribution is 2.30. The summed E-state index contributed by atoms with van der Waals surface area (Å²) in [5.74, 6) is -0.265. The molecule has 106 valence electrons. The number of rotatable bonds is 7. The van der Waals surface area contributed by atoms with Gasteiger partial charge in [0.2, 0.25) is 0 Å². The molecule has 0 amide bonds. The molecule has 0 bridgehead atoms. The first-order valence-electron chi connectivity index (χ1n) is 7.15. The third kappa shape index (κ3) is 3.98. The van der Waals surface area contributed by atoms with E-state index in [1.165, 1.54) is 18.9 Å². The molecule has 1 fully saturated rings. The van der Waals surface area contributed by atoms with Crippen molar-refractivity contribution in [2.75, 3.05) is 13.1 Å². The van der Waals surface area contributed by atoms with E-state index < -0.39 is 6.10 Å². The predicted molar refractivity (Wildman–Crippen MR) is 73.2 cm³/mol. The van der Waals surface area contributed by atoms with Crippen LogP contribution in [0.4, 0.5) is 4.39 Å². The molecule has 2 unspecified atom stereocenters. The molecule has 2 rings (SSSR count). The molecule has 1 heterocycles. The Bertz CT molecular complexity index is 392. The van der Waals surface area contributed by atoms with Gasteiger partial charge < -0.3 is 10.0 Å². The van der Waals surface area contributed by atoms with Gasteiger partial charge in [-0.2, -0.15) is 0 Å². The zero-order valence-corrected chi connectivity index (χ0v) is 11.7. The molecule has 1 N–H and O–H groups in total. The minimum absolute atomic E-state index is 0.102. The summed E-state index contributed by atoms with van der Waals surface area (Å²) < 4.78 is 12.8. The number of hydrogen-bond donors (Lipinski definition) is 1. The van der Waals surface area contributed by atoms with E-state index in [1.807, 2.05) is 6.92 Å². The summed E-state index contributed by atoms with van der Waals surface area (Å²) in [6, 6.07) is 3.62. The average molecular weight is 266 g/mol. The van der Waals surface area contributed by atoms with Crippen LogP contribution in [0.3, 0.4) is 0 Å². The summed E-state index contributed by atoms with van der Waals surface area (Å²) >= 11 is 0. The fourth-order valence-electron chi connectivity index (χ4n) is 2.47. The van der Waals surface area contributed by atoms with E-state index in [2.05, 4.69) is 16.8 Å². The van der Waals surface area contributed by atoms with Crippen LogP contribution in [0, 0.1) is 11.7 Å². The van der Waals surface area contributed by atoms with Crippen molar-refractivity contribution >= 4 is 0 Å². The minimum Gasteiger partial charge on any atom is -0.386 e. The van der Waals surface area contributed by atoms with Crippen LogP contribution >= 0.6 is 0 Å². The zero-order chi connectivity index (χ0) is 13.8. The molecule has 19 heavy (non-hydrogen) atoms. The van der Waals surface area contributed by atoms with Gasteiger partial charge in [0, 0.05) is 18.5 Å². The van der Waals surface area contributed by atoms with Crippen LogP contribution < -0.4 is 0 Å². The van der Waals surface area contributed by atoms with Gasteiger partial charge in [-0.05, 0) is 37.9 Å². The SMILES string of the molecule is CCCN(CC(C)C(O)c1ccc(F)cn1)C1CC1. The predicted octanol–water partition coefficient (Wildman–Crippen LogP) is 2.76. The fourth-order valence-corrected chi connectivity index (χ4v) is 2.47. The largest absolute Gasteiger partial charge is 0.386 e. The second-order valence-corrected chi connectivity index (χ2v) is 5.55. The van der Waals surface area contributed by atoms with Crippen molar-refractivity contribution in [3.05, 3.63) is 29.8 Å². The van der Waals surface area contributed by atoms with Crippen molar-refractivity contribution in [1.82, 2.24) is 9.88 Å². The summed E-state index contributed by atoms with van der Waals surface area (Å²) in [6.45, 7) is 6.16. The van der Waals surface area contributed by atoms with E-state index in [9.17, 15) is 9.50 Å². The lowest BCUT2D eigenvalue weighted by Crippen LogP contribution is -2.33. The number of aromatic nitrogens is 1. The fraction of sp³-hybridized carbons (Fsp3) is 0.667. The molecule has 1 aliphatic carbocycles. The second-order valence-electron chi connectivity index (χ2n) is 5.55. The Hall–Kier alpha value is -1.00. The molecular formula is C15H23FN2O. The summed E-state index contributed by atoms with van der Waals surface area (Å²) in [5.41, 5.74) is 0.557. The standard InChI is InChI=1S/C15H23FN2O/c1-3-8-18(13-5-6-13)10-11(2)15(19)14-7-4-12(16)9-17-14/h4,7,9,11,13,15,19H,3,5-6,8,10H2,1-2H3. The highest BCUT2D eigenvalue weighted by atomic mass is 19.1. The van der Waals surface area contributed by atoms with Crippen molar-refractivity contribution in [3.8, 4) is 0 Å². The number of hydrogen-bond acceptors (Lipinski definition) is 3. The van der Waals surface area contributed by atoms with Crippen LogP contribution in [0.1, 0.15) is 44.9 Å². The van der Waals surface area contributed by atoms with Gasteiger partial charge in [-0.25, -0.2) is 4.39 Å². The van der Waals surface area contributed by atoms with Crippen LogP contribution in [0.25, 0.3) is 0 Å². The number of aliphatic hydroxyl groups excluding tert-OH is 1. The highest BCUT2D eigenvalue weighted by molar-refractivity contribution is 5.09. The van der Waals surface area contributed by atoms with Crippen LogP contribution in [-0.2, 0) is 0 Å². The normalized spacial score (nSPS) is 18.6. The van der Waals surface area contributed by atoms with E-state index in [4.69, 9.17) is 0 Å². The monoisotopic (exact) mass is 266 g/mol. The van der Waals surface area contributed by atoms with Crippen LogP contribution in [0.5, 0.6) is 0 Å². The number of aliphatic hydroxyl groups is 1. The maximum Gasteiger partial charge on any atom is 0.141 e. The Kier molecular flexibility index (Phi) is 4.88. The quantitative estimate of drug-likeness (QED) is 0.824. The Morgan fingerprint density at radius 2 is 2.21 bits per heavy atom. The van der Waals surface area contributed by atoms with Crippen LogP contribution in [0.15, 0.2) is 18.3 Å². The van der Waals surface area contributed by atoms with E-state index in [0.29, 0.717) is 11.7 Å². The van der Waals surface area contributed by atoms with Crippen molar-refractivity contribution in [2.24, 2.45) is 5.92 Å². The molecule has 1 aromatic heterocycles. The summed E-state index contributed by atoms with van der Waals surface area (Å²) in [5, 5.41) is 10.3. The van der Waals surface area contributed by atoms with Gasteiger partial charge >= 0.3 is 0 Å². The molecule has 0 aliphatic heterocycles. The second kappa shape index (κ2) is 6.44. The summed E-state index contributed by atoms with van der Waals surface area (Å²) in [4.78, 5) is 6.43. The number of nitrogens with zero attached hydrogens (tertiary/aromatic N) is 2. The Morgan fingerprint density at radius 1 is 1.47 bits per heavy atom. The lowest BCUT2D eigenvalue weighted by molar-refractivity contribution is 0.0823. The first-order chi connectivity index (χ1) is 9.11. The van der Waals surface area contributed by atoms with E-state index in [-0.39, 0.29) is 11.7 Å². The van der Waals surface area contributed by atoms with Gasteiger partial charge in [0.05, 0.1) is 18.0 Å². The molecule has 0 radical (unpaired) electrons. The van der Waals surface area contributed by atoms with Gasteiger partial charge in [0.15, 0.2) is 0 Å². The lowest BCUT2D eigenvalue weighted by atomic mass is 10.0.